The van der Waals surface area contributed by atoms with Gasteiger partial charge in [0.25, 0.3) is 0 Å². The van der Waals surface area contributed by atoms with E-state index in [1.165, 1.54) is 0 Å². The Bertz CT molecular complexity index is 1040. The molecule has 0 bridgehead atoms. The molecule has 3 aromatic rings. The van der Waals surface area contributed by atoms with Gasteiger partial charge in [-0.05, 0) is 30.3 Å². The van der Waals surface area contributed by atoms with E-state index in [1.54, 1.807) is 19.3 Å². The number of H-pyrrole nitrogens is 1. The number of aromatic nitrogens is 2. The third kappa shape index (κ3) is 3.56. The van der Waals surface area contributed by atoms with Crippen LogP contribution in [0, 0.1) is 23.7 Å². The first kappa shape index (κ1) is 17.6. The van der Waals surface area contributed by atoms with Crippen molar-refractivity contribution in [3.8, 4) is 29.9 Å². The van der Waals surface area contributed by atoms with Crippen LogP contribution in [0.25, 0.3) is 22.7 Å². The SMILES string of the molecule is C#CCOc1c(/C=C(\C#N)c2nc3ccccc3[nH]2)cc(Br)cc1OC. The lowest BCUT2D eigenvalue weighted by atomic mass is 10.1. The summed E-state index contributed by atoms with van der Waals surface area (Å²) in [7, 11) is 1.54. The lowest BCUT2D eigenvalue weighted by molar-refractivity contribution is 0.330. The molecule has 1 aromatic heterocycles. The molecule has 0 fully saturated rings. The fourth-order valence-corrected chi connectivity index (χ4v) is 2.96. The van der Waals surface area contributed by atoms with Crippen LogP contribution < -0.4 is 9.47 Å². The van der Waals surface area contributed by atoms with Crippen molar-refractivity contribution in [1.29, 1.82) is 5.26 Å². The summed E-state index contributed by atoms with van der Waals surface area (Å²) in [5, 5.41) is 9.63. The molecule has 0 aliphatic heterocycles. The van der Waals surface area contributed by atoms with Gasteiger partial charge in [-0.3, -0.25) is 0 Å². The Morgan fingerprint density at radius 2 is 2.19 bits per heavy atom. The molecule has 0 radical (unpaired) electrons. The van der Waals surface area contributed by atoms with Gasteiger partial charge in [-0.1, -0.05) is 34.0 Å². The van der Waals surface area contributed by atoms with Gasteiger partial charge in [-0.25, -0.2) is 4.98 Å². The van der Waals surface area contributed by atoms with Crippen LogP contribution in [-0.4, -0.2) is 23.7 Å². The summed E-state index contributed by atoms with van der Waals surface area (Å²) in [4.78, 5) is 7.63. The van der Waals surface area contributed by atoms with E-state index in [0.717, 1.165) is 15.5 Å². The van der Waals surface area contributed by atoms with Gasteiger partial charge in [-0.15, -0.1) is 6.42 Å². The van der Waals surface area contributed by atoms with Crippen LogP contribution in [0.5, 0.6) is 11.5 Å². The number of nitrogens with one attached hydrogen (secondary N) is 1. The Labute approximate surface area is 159 Å². The van der Waals surface area contributed by atoms with Crippen LogP contribution in [0.4, 0.5) is 0 Å². The fourth-order valence-electron chi connectivity index (χ4n) is 2.51. The highest BCUT2D eigenvalue weighted by atomic mass is 79.9. The number of nitriles is 1. The van der Waals surface area contributed by atoms with Gasteiger partial charge in [-0.2, -0.15) is 5.26 Å². The molecule has 5 nitrogen and oxygen atoms in total. The van der Waals surface area contributed by atoms with E-state index in [2.05, 4.69) is 37.9 Å². The van der Waals surface area contributed by atoms with Crippen molar-refractivity contribution in [2.24, 2.45) is 0 Å². The molecule has 1 N–H and O–H groups in total. The van der Waals surface area contributed by atoms with Crippen LogP contribution in [0.15, 0.2) is 40.9 Å². The van der Waals surface area contributed by atoms with Crippen LogP contribution in [0.3, 0.4) is 0 Å². The number of hydrogen-bond acceptors (Lipinski definition) is 4. The molecule has 0 spiro atoms. The number of aromatic amines is 1. The van der Waals surface area contributed by atoms with Crippen molar-refractivity contribution < 1.29 is 9.47 Å². The van der Waals surface area contributed by atoms with E-state index in [4.69, 9.17) is 15.9 Å². The second-order valence-corrected chi connectivity index (χ2v) is 6.21. The molecular formula is C20H14BrN3O2. The van der Waals surface area contributed by atoms with Gasteiger partial charge in [0.05, 0.1) is 23.7 Å². The van der Waals surface area contributed by atoms with Crippen LogP contribution in [0.2, 0.25) is 0 Å². The highest BCUT2D eigenvalue weighted by Crippen LogP contribution is 2.37. The number of nitrogens with zero attached hydrogens (tertiary/aromatic N) is 2. The number of hydrogen-bond donors (Lipinski definition) is 1. The standard InChI is InChI=1S/C20H14BrN3O2/c1-3-8-26-19-13(10-15(21)11-18(19)25-2)9-14(12-22)20-23-16-6-4-5-7-17(16)24-20/h1,4-7,9-11H,8H2,2H3,(H,23,24)/b14-9+. The van der Waals surface area contributed by atoms with Crippen molar-refractivity contribution in [1.82, 2.24) is 9.97 Å². The molecule has 6 heteroatoms. The minimum absolute atomic E-state index is 0.0886. The van der Waals surface area contributed by atoms with Crippen LogP contribution in [-0.2, 0) is 0 Å². The van der Waals surface area contributed by atoms with Crippen molar-refractivity contribution in [3.63, 3.8) is 0 Å². The average molecular weight is 408 g/mol. The second-order valence-electron chi connectivity index (χ2n) is 5.29. The molecule has 128 valence electrons. The minimum atomic E-state index is 0.0886. The van der Waals surface area contributed by atoms with Crippen molar-refractivity contribution in [3.05, 3.63) is 52.3 Å². The first-order chi connectivity index (χ1) is 12.7. The number of halogens is 1. The molecule has 0 saturated heterocycles. The zero-order chi connectivity index (χ0) is 18.5. The molecule has 0 amide bonds. The molecule has 0 saturated carbocycles. The topological polar surface area (TPSA) is 70.9 Å². The number of benzene rings is 2. The Hall–Kier alpha value is -3.22. The lowest BCUT2D eigenvalue weighted by Gasteiger charge is -2.13. The average Bonchev–Trinajstić information content (AvgIpc) is 3.08. The maximum Gasteiger partial charge on any atom is 0.169 e. The summed E-state index contributed by atoms with van der Waals surface area (Å²) in [6.45, 7) is 0.0886. The maximum atomic E-state index is 9.63. The summed E-state index contributed by atoms with van der Waals surface area (Å²) in [5.74, 6) is 3.90. The zero-order valence-electron chi connectivity index (χ0n) is 13.9. The number of para-hydroxylation sites is 2. The number of methoxy groups -OCH3 is 1. The van der Waals surface area contributed by atoms with E-state index >= 15 is 0 Å². The molecule has 1 heterocycles. The normalized spacial score (nSPS) is 11.0. The number of terminal acetylenes is 1. The fraction of sp³-hybridized carbons (Fsp3) is 0.100. The summed E-state index contributed by atoms with van der Waals surface area (Å²) >= 11 is 3.44. The Morgan fingerprint density at radius 1 is 1.38 bits per heavy atom. The molecule has 0 atom stereocenters. The van der Waals surface area contributed by atoms with Crippen LogP contribution in [0.1, 0.15) is 11.4 Å². The number of imidazole rings is 1. The Kier molecular flexibility index (Phi) is 5.26. The molecule has 0 aliphatic rings. The van der Waals surface area contributed by atoms with Gasteiger partial charge in [0.1, 0.15) is 18.5 Å². The summed E-state index contributed by atoms with van der Waals surface area (Å²) < 4.78 is 11.8. The lowest BCUT2D eigenvalue weighted by Crippen LogP contribution is -1.99. The Morgan fingerprint density at radius 3 is 2.88 bits per heavy atom. The molecular weight excluding hydrogens is 394 g/mol. The van der Waals surface area contributed by atoms with E-state index in [1.807, 2.05) is 30.3 Å². The van der Waals surface area contributed by atoms with E-state index in [9.17, 15) is 5.26 Å². The third-order valence-electron chi connectivity index (χ3n) is 3.63. The summed E-state index contributed by atoms with van der Waals surface area (Å²) in [6, 6.07) is 13.4. The molecule has 0 aliphatic carbocycles. The monoisotopic (exact) mass is 407 g/mol. The third-order valence-corrected chi connectivity index (χ3v) is 4.09. The van der Waals surface area contributed by atoms with Gasteiger partial charge in [0.2, 0.25) is 0 Å². The second kappa shape index (κ2) is 7.77. The van der Waals surface area contributed by atoms with Crippen molar-refractivity contribution in [2.45, 2.75) is 0 Å². The minimum Gasteiger partial charge on any atom is -0.493 e. The predicted molar refractivity (Wildman–Crippen MR) is 105 cm³/mol. The quantitative estimate of drug-likeness (QED) is 0.502. The largest absolute Gasteiger partial charge is 0.493 e. The summed E-state index contributed by atoms with van der Waals surface area (Å²) in [6.07, 6.45) is 6.99. The smallest absolute Gasteiger partial charge is 0.169 e. The predicted octanol–water partition coefficient (Wildman–Crippen LogP) is 4.41. The highest BCUT2D eigenvalue weighted by Gasteiger charge is 2.14. The van der Waals surface area contributed by atoms with Gasteiger partial charge in [0, 0.05) is 10.0 Å². The molecule has 3 rings (SSSR count). The van der Waals surface area contributed by atoms with Gasteiger partial charge in [0.15, 0.2) is 11.5 Å². The summed E-state index contributed by atoms with van der Waals surface area (Å²) in [5.41, 5.74) is 2.67. The molecule has 26 heavy (non-hydrogen) atoms. The maximum absolute atomic E-state index is 9.63. The van der Waals surface area contributed by atoms with Crippen molar-refractivity contribution >= 4 is 38.6 Å². The Balaban J connectivity index is 2.13. The first-order valence-corrected chi connectivity index (χ1v) is 8.46. The number of fused-ring (bicyclic) bond motifs is 1. The zero-order valence-corrected chi connectivity index (χ0v) is 15.5. The highest BCUT2D eigenvalue weighted by molar-refractivity contribution is 9.10. The van der Waals surface area contributed by atoms with E-state index < -0.39 is 0 Å². The van der Waals surface area contributed by atoms with E-state index in [-0.39, 0.29) is 6.61 Å². The number of ether oxygens (including phenoxy) is 2. The molecule has 2 aromatic carbocycles. The molecule has 0 unspecified atom stereocenters. The van der Waals surface area contributed by atoms with Crippen molar-refractivity contribution in [2.75, 3.05) is 13.7 Å². The van der Waals surface area contributed by atoms with E-state index in [0.29, 0.717) is 28.5 Å². The van der Waals surface area contributed by atoms with Gasteiger partial charge >= 0.3 is 0 Å². The van der Waals surface area contributed by atoms with Crippen LogP contribution >= 0.6 is 15.9 Å². The van der Waals surface area contributed by atoms with Gasteiger partial charge < -0.3 is 14.5 Å². The number of allylic oxidation sites excluding steroid dienone is 1. The first-order valence-electron chi connectivity index (χ1n) is 7.67. The number of rotatable bonds is 5.